The van der Waals surface area contributed by atoms with Crippen molar-refractivity contribution < 1.29 is 9.53 Å². The zero-order chi connectivity index (χ0) is 18.0. The molecule has 134 valence electrons. The van der Waals surface area contributed by atoms with E-state index in [0.717, 1.165) is 18.8 Å². The van der Waals surface area contributed by atoms with Crippen molar-refractivity contribution in [3.05, 3.63) is 29.3 Å². The Hall–Kier alpha value is -1.16. The maximum absolute atomic E-state index is 11.9. The molecule has 1 aliphatic rings. The van der Waals surface area contributed by atoms with Gasteiger partial charge in [0.15, 0.2) is 0 Å². The van der Waals surface area contributed by atoms with E-state index in [4.69, 9.17) is 4.74 Å². The lowest BCUT2D eigenvalue weighted by atomic mass is 10.1. The standard InChI is InChI=1S/C15H23NO2S.2C2H6/c1-12-5-6-13(15(17)18-2)14(11-12)16-7-9-19(3,4)10-8-16;2*1-2/h5-6,11H,7-10H2,1-4H3;2*1-2H3. The van der Waals surface area contributed by atoms with Crippen LogP contribution in [0.4, 0.5) is 5.69 Å². The predicted molar refractivity (Wildman–Crippen MR) is 107 cm³/mol. The van der Waals surface area contributed by atoms with Gasteiger partial charge in [0.1, 0.15) is 0 Å². The zero-order valence-corrected chi connectivity index (χ0v) is 17.0. The molecule has 0 radical (unpaired) electrons. The number of rotatable bonds is 2. The number of esters is 1. The molecule has 1 saturated heterocycles. The third-order valence-corrected chi connectivity index (χ3v) is 6.30. The Balaban J connectivity index is 0.00000112. The Morgan fingerprint density at radius 1 is 1.09 bits per heavy atom. The predicted octanol–water partition coefficient (Wildman–Crippen LogP) is 4.72. The van der Waals surface area contributed by atoms with Crippen LogP contribution in [0, 0.1) is 6.92 Å². The van der Waals surface area contributed by atoms with E-state index in [1.165, 1.54) is 24.2 Å². The second-order valence-corrected chi connectivity index (χ2v) is 10.0. The van der Waals surface area contributed by atoms with E-state index in [1.807, 2.05) is 39.8 Å². The van der Waals surface area contributed by atoms with Crippen molar-refractivity contribution in [3.8, 4) is 0 Å². The van der Waals surface area contributed by atoms with Crippen LogP contribution in [0.3, 0.4) is 0 Å². The van der Waals surface area contributed by atoms with Crippen molar-refractivity contribution >= 4 is 21.7 Å². The number of nitrogens with zero attached hydrogens (tertiary/aromatic N) is 1. The molecule has 0 unspecified atom stereocenters. The monoisotopic (exact) mass is 341 g/mol. The summed E-state index contributed by atoms with van der Waals surface area (Å²) in [6.45, 7) is 12.1. The van der Waals surface area contributed by atoms with E-state index >= 15 is 0 Å². The highest BCUT2D eigenvalue weighted by Crippen LogP contribution is 2.42. The highest BCUT2D eigenvalue weighted by Gasteiger charge is 2.24. The van der Waals surface area contributed by atoms with Gasteiger partial charge >= 0.3 is 5.97 Å². The number of methoxy groups -OCH3 is 1. The summed E-state index contributed by atoms with van der Waals surface area (Å²) in [4.78, 5) is 14.2. The molecular formula is C19H35NO2S. The number of hydrogen-bond acceptors (Lipinski definition) is 3. The van der Waals surface area contributed by atoms with Gasteiger partial charge in [-0.15, -0.1) is 0 Å². The number of ether oxygens (including phenoxy) is 1. The first-order valence-corrected chi connectivity index (χ1v) is 11.3. The topological polar surface area (TPSA) is 29.5 Å². The Labute approximate surface area is 144 Å². The second-order valence-electron chi connectivity index (χ2n) is 5.67. The summed E-state index contributed by atoms with van der Waals surface area (Å²) in [5.74, 6) is 2.23. The minimum Gasteiger partial charge on any atom is -0.465 e. The molecule has 2 rings (SSSR count). The quantitative estimate of drug-likeness (QED) is 0.729. The van der Waals surface area contributed by atoms with E-state index in [0.29, 0.717) is 5.56 Å². The second kappa shape index (κ2) is 10.6. The van der Waals surface area contributed by atoms with Crippen LogP contribution in [0.5, 0.6) is 0 Å². The van der Waals surface area contributed by atoms with Crippen molar-refractivity contribution in [2.24, 2.45) is 0 Å². The fourth-order valence-corrected chi connectivity index (χ4v) is 3.99. The largest absolute Gasteiger partial charge is 0.465 e. The fourth-order valence-electron chi connectivity index (χ4n) is 2.36. The fraction of sp³-hybridized carbons (Fsp3) is 0.632. The summed E-state index contributed by atoms with van der Waals surface area (Å²) in [7, 11) is 1.01. The number of carbonyl (C=O) groups excluding carboxylic acids is 1. The molecule has 0 spiro atoms. The molecule has 0 bridgehead atoms. The summed E-state index contributed by atoms with van der Waals surface area (Å²) < 4.78 is 4.89. The number of hydrogen-bond donors (Lipinski definition) is 0. The summed E-state index contributed by atoms with van der Waals surface area (Å²) in [5, 5.41) is 0. The van der Waals surface area contributed by atoms with E-state index in [9.17, 15) is 4.79 Å². The first kappa shape index (κ1) is 21.8. The van der Waals surface area contributed by atoms with E-state index in [1.54, 1.807) is 0 Å². The van der Waals surface area contributed by atoms with Crippen molar-refractivity contribution in [1.82, 2.24) is 0 Å². The third kappa shape index (κ3) is 6.46. The lowest BCUT2D eigenvalue weighted by Gasteiger charge is -2.42. The van der Waals surface area contributed by atoms with Crippen molar-refractivity contribution in [3.63, 3.8) is 0 Å². The molecule has 1 fully saturated rings. The first-order chi connectivity index (χ1) is 10.9. The third-order valence-electron chi connectivity index (χ3n) is 3.73. The molecule has 0 N–H and O–H groups in total. The Bertz CT molecular complexity index is 476. The Morgan fingerprint density at radius 2 is 1.61 bits per heavy atom. The summed E-state index contributed by atoms with van der Waals surface area (Å²) in [6.07, 6.45) is 4.78. The van der Waals surface area contributed by atoms with Crippen LogP contribution in [0.25, 0.3) is 0 Å². The van der Waals surface area contributed by atoms with Gasteiger partial charge in [0.2, 0.25) is 0 Å². The molecule has 0 atom stereocenters. The van der Waals surface area contributed by atoms with Gasteiger partial charge in [-0.3, -0.25) is 0 Å². The molecule has 1 aliphatic heterocycles. The van der Waals surface area contributed by atoms with Gasteiger partial charge in [0.25, 0.3) is 0 Å². The molecule has 0 aliphatic carbocycles. The summed E-state index contributed by atoms with van der Waals surface area (Å²) in [5.41, 5.74) is 2.89. The van der Waals surface area contributed by atoms with Gasteiger partial charge in [-0.1, -0.05) is 33.8 Å². The smallest absolute Gasteiger partial charge is 0.339 e. The van der Waals surface area contributed by atoms with Gasteiger partial charge in [-0.05, 0) is 48.6 Å². The maximum atomic E-state index is 11.9. The number of aryl methyl sites for hydroxylation is 1. The molecule has 0 aromatic heterocycles. The molecule has 0 amide bonds. The van der Waals surface area contributed by atoms with Gasteiger partial charge in [0.05, 0.1) is 18.4 Å². The van der Waals surface area contributed by atoms with Crippen LogP contribution in [0.1, 0.15) is 43.6 Å². The molecular weight excluding hydrogens is 306 g/mol. The van der Waals surface area contributed by atoms with Gasteiger partial charge in [-0.2, -0.15) is 0 Å². The van der Waals surface area contributed by atoms with E-state index in [2.05, 4.69) is 30.4 Å². The summed E-state index contributed by atoms with van der Waals surface area (Å²) in [6, 6.07) is 5.94. The van der Waals surface area contributed by atoms with Crippen LogP contribution in [0.15, 0.2) is 18.2 Å². The molecule has 3 nitrogen and oxygen atoms in total. The van der Waals surface area contributed by atoms with Crippen LogP contribution in [-0.4, -0.2) is 50.2 Å². The van der Waals surface area contributed by atoms with E-state index < -0.39 is 10.0 Å². The van der Waals surface area contributed by atoms with Crippen LogP contribution < -0.4 is 4.90 Å². The molecule has 23 heavy (non-hydrogen) atoms. The highest BCUT2D eigenvalue weighted by molar-refractivity contribution is 8.32. The van der Waals surface area contributed by atoms with Crippen LogP contribution in [-0.2, 0) is 4.74 Å². The van der Waals surface area contributed by atoms with E-state index in [-0.39, 0.29) is 5.97 Å². The average Bonchev–Trinajstić information content (AvgIpc) is 2.58. The Morgan fingerprint density at radius 3 is 2.09 bits per heavy atom. The highest BCUT2D eigenvalue weighted by atomic mass is 32.3. The minimum absolute atomic E-state index is 0.243. The molecule has 1 aromatic rings. The van der Waals surface area contributed by atoms with Gasteiger partial charge in [0, 0.05) is 13.1 Å². The zero-order valence-electron chi connectivity index (χ0n) is 16.2. The number of carbonyl (C=O) groups is 1. The van der Waals surface area contributed by atoms with Crippen molar-refractivity contribution in [1.29, 1.82) is 0 Å². The number of anilines is 1. The van der Waals surface area contributed by atoms with Crippen molar-refractivity contribution in [2.75, 3.05) is 49.1 Å². The maximum Gasteiger partial charge on any atom is 0.339 e. The molecule has 1 heterocycles. The molecule has 4 heteroatoms. The SMILES string of the molecule is CC.CC.COC(=O)c1ccc(C)cc1N1CCS(C)(C)CC1. The van der Waals surface area contributed by atoms with Crippen LogP contribution >= 0.6 is 10.0 Å². The number of benzene rings is 1. The van der Waals surface area contributed by atoms with Gasteiger partial charge < -0.3 is 9.64 Å². The lowest BCUT2D eigenvalue weighted by molar-refractivity contribution is 0.0601. The molecule has 1 aromatic carbocycles. The Kier molecular flexibility index (Phi) is 10.1. The normalized spacial score (nSPS) is 17.0. The first-order valence-electron chi connectivity index (χ1n) is 8.55. The minimum atomic E-state index is -0.430. The van der Waals surface area contributed by atoms with Crippen LogP contribution in [0.2, 0.25) is 0 Å². The van der Waals surface area contributed by atoms with Gasteiger partial charge in [-0.25, -0.2) is 14.8 Å². The van der Waals surface area contributed by atoms with Crippen molar-refractivity contribution in [2.45, 2.75) is 34.6 Å². The average molecular weight is 342 g/mol. The molecule has 0 saturated carbocycles. The lowest BCUT2D eigenvalue weighted by Crippen LogP contribution is -2.38. The summed E-state index contributed by atoms with van der Waals surface area (Å²) >= 11 is 0.